The number of ether oxygens (including phenoxy) is 2. The van der Waals surface area contributed by atoms with Crippen LogP contribution in [0.3, 0.4) is 0 Å². The molecule has 1 N–H and O–H groups in total. The second-order valence-electron chi connectivity index (χ2n) is 3.54. The first-order valence-corrected chi connectivity index (χ1v) is 5.07. The standard InChI is InChI=1S/C10H11F3N2O2/c11-10(12,13)6-17-8-2-1-7-5-14-3-4-16-9(7)15-8/h1-2,14H,3-6H2. The van der Waals surface area contributed by atoms with Crippen LogP contribution in [0.2, 0.25) is 0 Å². The fraction of sp³-hybridized carbons (Fsp3) is 0.500. The molecule has 0 saturated heterocycles. The van der Waals surface area contributed by atoms with Gasteiger partial charge in [-0.05, 0) is 6.07 Å². The molecule has 94 valence electrons. The highest BCUT2D eigenvalue weighted by Crippen LogP contribution is 2.23. The lowest BCUT2D eigenvalue weighted by molar-refractivity contribution is -0.154. The van der Waals surface area contributed by atoms with Gasteiger partial charge in [-0.15, -0.1) is 0 Å². The lowest BCUT2D eigenvalue weighted by Gasteiger charge is -2.10. The Kier molecular flexibility index (Phi) is 3.37. The highest BCUT2D eigenvalue weighted by atomic mass is 19.4. The van der Waals surface area contributed by atoms with Gasteiger partial charge in [-0.2, -0.15) is 18.2 Å². The third-order valence-electron chi connectivity index (χ3n) is 2.13. The van der Waals surface area contributed by atoms with Gasteiger partial charge in [0.15, 0.2) is 6.61 Å². The van der Waals surface area contributed by atoms with E-state index in [1.165, 1.54) is 6.07 Å². The highest BCUT2D eigenvalue weighted by Gasteiger charge is 2.28. The second-order valence-corrected chi connectivity index (χ2v) is 3.54. The molecule has 1 aliphatic heterocycles. The van der Waals surface area contributed by atoms with Gasteiger partial charge in [0.2, 0.25) is 11.8 Å². The Morgan fingerprint density at radius 1 is 1.41 bits per heavy atom. The average Bonchev–Trinajstić information content (AvgIpc) is 2.49. The van der Waals surface area contributed by atoms with Crippen molar-refractivity contribution in [2.24, 2.45) is 0 Å². The Morgan fingerprint density at radius 3 is 3.00 bits per heavy atom. The molecule has 0 spiro atoms. The Hall–Kier alpha value is -1.50. The molecule has 0 amide bonds. The summed E-state index contributed by atoms with van der Waals surface area (Å²) in [7, 11) is 0. The van der Waals surface area contributed by atoms with Crippen molar-refractivity contribution in [3.8, 4) is 11.8 Å². The molecular weight excluding hydrogens is 237 g/mol. The molecule has 4 nitrogen and oxygen atoms in total. The molecule has 0 atom stereocenters. The van der Waals surface area contributed by atoms with Gasteiger partial charge in [0.1, 0.15) is 6.61 Å². The largest absolute Gasteiger partial charge is 0.476 e. The zero-order chi connectivity index (χ0) is 12.3. The number of alkyl halides is 3. The van der Waals surface area contributed by atoms with E-state index < -0.39 is 12.8 Å². The minimum Gasteiger partial charge on any atom is -0.476 e. The summed E-state index contributed by atoms with van der Waals surface area (Å²) in [6, 6.07) is 3.05. The van der Waals surface area contributed by atoms with E-state index >= 15 is 0 Å². The predicted octanol–water partition coefficient (Wildman–Crippen LogP) is 1.50. The number of nitrogens with one attached hydrogen (secondary N) is 1. The van der Waals surface area contributed by atoms with Crippen molar-refractivity contribution in [2.45, 2.75) is 12.7 Å². The molecule has 0 aromatic carbocycles. The summed E-state index contributed by atoms with van der Waals surface area (Å²) in [5, 5.41) is 3.09. The maximum absolute atomic E-state index is 12.0. The van der Waals surface area contributed by atoms with Crippen LogP contribution in [-0.2, 0) is 6.54 Å². The van der Waals surface area contributed by atoms with Crippen LogP contribution in [0.4, 0.5) is 13.2 Å². The fourth-order valence-electron chi connectivity index (χ4n) is 1.39. The highest BCUT2D eigenvalue weighted by molar-refractivity contribution is 5.31. The maximum Gasteiger partial charge on any atom is 0.422 e. The first-order valence-electron chi connectivity index (χ1n) is 5.07. The van der Waals surface area contributed by atoms with Gasteiger partial charge in [0.05, 0.1) is 0 Å². The van der Waals surface area contributed by atoms with Crippen molar-refractivity contribution in [2.75, 3.05) is 19.8 Å². The van der Waals surface area contributed by atoms with Crippen molar-refractivity contribution in [1.82, 2.24) is 10.3 Å². The third-order valence-corrected chi connectivity index (χ3v) is 2.13. The molecule has 1 aromatic heterocycles. The Bertz CT molecular complexity index is 396. The first kappa shape index (κ1) is 12.0. The summed E-state index contributed by atoms with van der Waals surface area (Å²) in [5.74, 6) is 0.248. The van der Waals surface area contributed by atoms with Crippen LogP contribution in [-0.4, -0.2) is 30.9 Å². The smallest absolute Gasteiger partial charge is 0.422 e. The topological polar surface area (TPSA) is 43.4 Å². The van der Waals surface area contributed by atoms with Gasteiger partial charge >= 0.3 is 6.18 Å². The van der Waals surface area contributed by atoms with Crippen LogP contribution in [0.1, 0.15) is 5.56 Å². The number of hydrogen-bond donors (Lipinski definition) is 1. The van der Waals surface area contributed by atoms with Gasteiger partial charge in [0, 0.05) is 24.7 Å². The molecular formula is C10H11F3N2O2. The normalized spacial score (nSPS) is 15.7. The lowest BCUT2D eigenvalue weighted by atomic mass is 10.2. The SMILES string of the molecule is FC(F)(F)COc1ccc2c(n1)OCCNC2. The third kappa shape index (κ3) is 3.48. The number of fused-ring (bicyclic) bond motifs is 1. The summed E-state index contributed by atoms with van der Waals surface area (Å²) >= 11 is 0. The van der Waals surface area contributed by atoms with E-state index in [2.05, 4.69) is 15.0 Å². The first-order chi connectivity index (χ1) is 8.04. The minimum atomic E-state index is -4.36. The van der Waals surface area contributed by atoms with E-state index in [1.54, 1.807) is 6.07 Å². The minimum absolute atomic E-state index is 0.0806. The van der Waals surface area contributed by atoms with E-state index in [1.807, 2.05) is 0 Å². The quantitative estimate of drug-likeness (QED) is 0.861. The molecule has 17 heavy (non-hydrogen) atoms. The Balaban J connectivity index is 2.07. The van der Waals surface area contributed by atoms with Crippen LogP contribution < -0.4 is 14.8 Å². The fourth-order valence-corrected chi connectivity index (χ4v) is 1.39. The van der Waals surface area contributed by atoms with Crippen LogP contribution in [0.5, 0.6) is 11.8 Å². The monoisotopic (exact) mass is 248 g/mol. The van der Waals surface area contributed by atoms with Gasteiger partial charge in [-0.25, -0.2) is 0 Å². The zero-order valence-corrected chi connectivity index (χ0v) is 8.88. The zero-order valence-electron chi connectivity index (χ0n) is 8.88. The number of hydrogen-bond acceptors (Lipinski definition) is 4. The van der Waals surface area contributed by atoms with E-state index in [0.29, 0.717) is 25.6 Å². The molecule has 0 unspecified atom stereocenters. The average molecular weight is 248 g/mol. The van der Waals surface area contributed by atoms with Crippen LogP contribution in [0.25, 0.3) is 0 Å². The molecule has 2 heterocycles. The number of halogens is 3. The van der Waals surface area contributed by atoms with Crippen molar-refractivity contribution >= 4 is 0 Å². The maximum atomic E-state index is 12.0. The summed E-state index contributed by atoms with van der Waals surface area (Å²) in [5.41, 5.74) is 0.807. The number of rotatable bonds is 2. The van der Waals surface area contributed by atoms with Crippen LogP contribution in [0, 0.1) is 0 Å². The molecule has 0 radical (unpaired) electrons. The van der Waals surface area contributed by atoms with Gasteiger partial charge < -0.3 is 14.8 Å². The summed E-state index contributed by atoms with van der Waals surface area (Å²) in [6.45, 7) is 0.344. The van der Waals surface area contributed by atoms with Gasteiger partial charge in [-0.3, -0.25) is 0 Å². The molecule has 0 aliphatic carbocycles. The summed E-state index contributed by atoms with van der Waals surface area (Å²) < 4.78 is 45.7. The lowest BCUT2D eigenvalue weighted by Crippen LogP contribution is -2.19. The molecule has 2 rings (SSSR count). The van der Waals surface area contributed by atoms with E-state index in [9.17, 15) is 13.2 Å². The van der Waals surface area contributed by atoms with E-state index in [0.717, 1.165) is 5.56 Å². The molecule has 1 aromatic rings. The molecule has 1 aliphatic rings. The van der Waals surface area contributed by atoms with Crippen molar-refractivity contribution in [3.05, 3.63) is 17.7 Å². The molecule has 0 fully saturated rings. The van der Waals surface area contributed by atoms with Crippen LogP contribution >= 0.6 is 0 Å². The van der Waals surface area contributed by atoms with Gasteiger partial charge in [-0.1, -0.05) is 0 Å². The van der Waals surface area contributed by atoms with Crippen molar-refractivity contribution in [3.63, 3.8) is 0 Å². The van der Waals surface area contributed by atoms with Crippen molar-refractivity contribution < 1.29 is 22.6 Å². The predicted molar refractivity (Wildman–Crippen MR) is 53.0 cm³/mol. The molecule has 7 heteroatoms. The summed E-state index contributed by atoms with van der Waals surface area (Å²) in [4.78, 5) is 3.89. The van der Waals surface area contributed by atoms with Gasteiger partial charge in [0.25, 0.3) is 0 Å². The second kappa shape index (κ2) is 4.79. The number of aromatic nitrogens is 1. The van der Waals surface area contributed by atoms with Crippen LogP contribution in [0.15, 0.2) is 12.1 Å². The molecule has 0 bridgehead atoms. The number of nitrogens with zero attached hydrogens (tertiary/aromatic N) is 1. The van der Waals surface area contributed by atoms with E-state index in [-0.39, 0.29) is 5.88 Å². The van der Waals surface area contributed by atoms with E-state index in [4.69, 9.17) is 4.74 Å². The molecule has 0 saturated carbocycles. The number of pyridine rings is 1. The van der Waals surface area contributed by atoms with Crippen molar-refractivity contribution in [1.29, 1.82) is 0 Å². The summed E-state index contributed by atoms with van der Waals surface area (Å²) in [6.07, 6.45) is -4.36. The Labute approximate surface area is 95.7 Å². The Morgan fingerprint density at radius 2 is 2.24 bits per heavy atom.